The van der Waals surface area contributed by atoms with E-state index in [2.05, 4.69) is 13.8 Å². The predicted octanol–water partition coefficient (Wildman–Crippen LogP) is 3.30. The first-order valence-electron chi connectivity index (χ1n) is 6.73. The second-order valence-corrected chi connectivity index (χ2v) is 5.65. The van der Waals surface area contributed by atoms with Gasteiger partial charge in [-0.05, 0) is 26.2 Å². The van der Waals surface area contributed by atoms with Crippen molar-refractivity contribution in [2.75, 3.05) is 6.61 Å². The molecule has 1 N–H and O–H groups in total. The van der Waals surface area contributed by atoms with Crippen LogP contribution in [0.1, 0.15) is 66.2 Å². The summed E-state index contributed by atoms with van der Waals surface area (Å²) in [6.45, 7) is 7.81. The highest BCUT2D eigenvalue weighted by Crippen LogP contribution is 2.11. The van der Waals surface area contributed by atoms with E-state index in [4.69, 9.17) is 4.74 Å². The standard InChI is InChI=1S/C14H28O3/c1-12(2)10-8-6-5-7-9-11-17-13(15)14(3,4)16/h12,16H,5-11H2,1-4H3. The van der Waals surface area contributed by atoms with Crippen LogP contribution in [0.25, 0.3) is 0 Å². The van der Waals surface area contributed by atoms with Crippen LogP contribution in [-0.4, -0.2) is 23.3 Å². The van der Waals surface area contributed by atoms with E-state index in [-0.39, 0.29) is 0 Å². The van der Waals surface area contributed by atoms with Crippen LogP contribution in [0.2, 0.25) is 0 Å². The molecular weight excluding hydrogens is 216 g/mol. The van der Waals surface area contributed by atoms with E-state index in [1.165, 1.54) is 39.5 Å². The molecule has 0 amide bonds. The summed E-state index contributed by atoms with van der Waals surface area (Å²) in [5.74, 6) is 0.264. The van der Waals surface area contributed by atoms with Gasteiger partial charge in [-0.15, -0.1) is 0 Å². The molecular formula is C14H28O3. The fourth-order valence-electron chi connectivity index (χ4n) is 1.53. The molecule has 0 radical (unpaired) electrons. The van der Waals surface area contributed by atoms with Crippen LogP contribution >= 0.6 is 0 Å². The van der Waals surface area contributed by atoms with E-state index < -0.39 is 11.6 Å². The SMILES string of the molecule is CC(C)CCCCCCCOC(=O)C(C)(C)O. The van der Waals surface area contributed by atoms with Crippen LogP contribution in [0, 0.1) is 5.92 Å². The van der Waals surface area contributed by atoms with Crippen molar-refractivity contribution in [1.82, 2.24) is 0 Å². The van der Waals surface area contributed by atoms with Crippen molar-refractivity contribution in [2.45, 2.75) is 71.8 Å². The summed E-state index contributed by atoms with van der Waals surface area (Å²) in [4.78, 5) is 11.2. The number of esters is 1. The number of aliphatic hydroxyl groups is 1. The Morgan fingerprint density at radius 2 is 1.65 bits per heavy atom. The number of ether oxygens (including phenoxy) is 1. The summed E-state index contributed by atoms with van der Waals surface area (Å²) in [6, 6.07) is 0. The van der Waals surface area contributed by atoms with Gasteiger partial charge in [0.15, 0.2) is 5.60 Å². The lowest BCUT2D eigenvalue weighted by molar-refractivity contribution is -0.161. The second kappa shape index (κ2) is 8.51. The molecule has 0 aromatic heterocycles. The third kappa shape index (κ3) is 10.3. The summed E-state index contributed by atoms with van der Waals surface area (Å²) in [5, 5.41) is 9.34. The zero-order valence-electron chi connectivity index (χ0n) is 11.8. The third-order valence-electron chi connectivity index (χ3n) is 2.66. The van der Waals surface area contributed by atoms with Gasteiger partial charge in [0.25, 0.3) is 0 Å². The Balaban J connectivity index is 3.27. The number of unbranched alkanes of at least 4 members (excludes halogenated alkanes) is 4. The maximum Gasteiger partial charge on any atom is 0.337 e. The van der Waals surface area contributed by atoms with Gasteiger partial charge < -0.3 is 9.84 Å². The minimum absolute atomic E-state index is 0.424. The summed E-state index contributed by atoms with van der Waals surface area (Å²) in [5.41, 5.74) is -1.36. The fraction of sp³-hybridized carbons (Fsp3) is 0.929. The Morgan fingerprint density at radius 1 is 1.12 bits per heavy atom. The van der Waals surface area contributed by atoms with Gasteiger partial charge in [0.05, 0.1) is 6.61 Å². The molecule has 17 heavy (non-hydrogen) atoms. The molecule has 0 aromatic carbocycles. The smallest absolute Gasteiger partial charge is 0.337 e. The average molecular weight is 244 g/mol. The highest BCUT2D eigenvalue weighted by molar-refractivity contribution is 5.78. The number of hydrogen-bond acceptors (Lipinski definition) is 3. The predicted molar refractivity (Wildman–Crippen MR) is 69.8 cm³/mol. The largest absolute Gasteiger partial charge is 0.464 e. The Kier molecular flexibility index (Phi) is 8.23. The minimum Gasteiger partial charge on any atom is -0.464 e. The van der Waals surface area contributed by atoms with Crippen molar-refractivity contribution >= 4 is 5.97 Å². The zero-order valence-corrected chi connectivity index (χ0v) is 11.8. The van der Waals surface area contributed by atoms with Crippen molar-refractivity contribution in [3.8, 4) is 0 Å². The van der Waals surface area contributed by atoms with Gasteiger partial charge in [-0.1, -0.05) is 46.0 Å². The van der Waals surface area contributed by atoms with E-state index in [1.807, 2.05) is 0 Å². The molecule has 3 heteroatoms. The van der Waals surface area contributed by atoms with Gasteiger partial charge in [0.2, 0.25) is 0 Å². The number of carbonyl (C=O) groups excluding carboxylic acids is 1. The molecule has 0 atom stereocenters. The molecule has 0 aromatic rings. The third-order valence-corrected chi connectivity index (χ3v) is 2.66. The molecule has 102 valence electrons. The summed E-state index contributed by atoms with van der Waals surface area (Å²) >= 11 is 0. The highest BCUT2D eigenvalue weighted by atomic mass is 16.5. The van der Waals surface area contributed by atoms with E-state index in [0.29, 0.717) is 6.61 Å². The van der Waals surface area contributed by atoms with Gasteiger partial charge in [-0.3, -0.25) is 0 Å². The monoisotopic (exact) mass is 244 g/mol. The van der Waals surface area contributed by atoms with Gasteiger partial charge in [0.1, 0.15) is 0 Å². The molecule has 0 aliphatic rings. The van der Waals surface area contributed by atoms with Crippen LogP contribution in [0.15, 0.2) is 0 Å². The number of hydrogen-bond donors (Lipinski definition) is 1. The minimum atomic E-state index is -1.36. The molecule has 3 nitrogen and oxygen atoms in total. The van der Waals surface area contributed by atoms with Crippen molar-refractivity contribution in [1.29, 1.82) is 0 Å². The van der Waals surface area contributed by atoms with E-state index in [9.17, 15) is 9.90 Å². The Hall–Kier alpha value is -0.570. The molecule has 0 bridgehead atoms. The first-order chi connectivity index (χ1) is 7.84. The molecule has 0 heterocycles. The van der Waals surface area contributed by atoms with Gasteiger partial charge in [0, 0.05) is 0 Å². The summed E-state index contributed by atoms with van der Waals surface area (Å²) in [6.07, 6.45) is 7.04. The van der Waals surface area contributed by atoms with E-state index >= 15 is 0 Å². The number of rotatable bonds is 9. The zero-order chi connectivity index (χ0) is 13.3. The summed E-state index contributed by atoms with van der Waals surface area (Å²) < 4.78 is 4.96. The topological polar surface area (TPSA) is 46.5 Å². The van der Waals surface area contributed by atoms with Crippen LogP contribution in [0.5, 0.6) is 0 Å². The van der Waals surface area contributed by atoms with Crippen LogP contribution in [0.4, 0.5) is 0 Å². The highest BCUT2D eigenvalue weighted by Gasteiger charge is 2.25. The first-order valence-corrected chi connectivity index (χ1v) is 6.73. The van der Waals surface area contributed by atoms with Crippen molar-refractivity contribution in [3.63, 3.8) is 0 Å². The lowest BCUT2D eigenvalue weighted by Gasteiger charge is -2.15. The normalized spacial score (nSPS) is 11.9. The quantitative estimate of drug-likeness (QED) is 0.500. The maximum absolute atomic E-state index is 11.2. The Morgan fingerprint density at radius 3 is 2.18 bits per heavy atom. The molecule has 0 saturated carbocycles. The van der Waals surface area contributed by atoms with Crippen LogP contribution in [-0.2, 0) is 9.53 Å². The van der Waals surface area contributed by atoms with Crippen molar-refractivity contribution in [3.05, 3.63) is 0 Å². The Bertz CT molecular complexity index is 204. The van der Waals surface area contributed by atoms with E-state index in [0.717, 1.165) is 18.8 Å². The second-order valence-electron chi connectivity index (χ2n) is 5.65. The van der Waals surface area contributed by atoms with Crippen LogP contribution in [0.3, 0.4) is 0 Å². The van der Waals surface area contributed by atoms with Gasteiger partial charge in [-0.2, -0.15) is 0 Å². The summed E-state index contributed by atoms with van der Waals surface area (Å²) in [7, 11) is 0. The van der Waals surface area contributed by atoms with Crippen LogP contribution < -0.4 is 0 Å². The lowest BCUT2D eigenvalue weighted by atomic mass is 10.0. The fourth-order valence-corrected chi connectivity index (χ4v) is 1.53. The molecule has 0 aliphatic carbocycles. The average Bonchev–Trinajstić information content (AvgIpc) is 2.19. The molecule has 0 fully saturated rings. The van der Waals surface area contributed by atoms with Crippen molar-refractivity contribution in [2.24, 2.45) is 5.92 Å². The molecule has 0 unspecified atom stereocenters. The maximum atomic E-state index is 11.2. The Labute approximate surface area is 106 Å². The number of carbonyl (C=O) groups is 1. The van der Waals surface area contributed by atoms with Gasteiger partial charge >= 0.3 is 5.97 Å². The molecule has 0 rings (SSSR count). The first kappa shape index (κ1) is 16.4. The van der Waals surface area contributed by atoms with E-state index in [1.54, 1.807) is 0 Å². The molecule has 0 spiro atoms. The van der Waals surface area contributed by atoms with Gasteiger partial charge in [-0.25, -0.2) is 4.79 Å². The molecule has 0 aliphatic heterocycles. The lowest BCUT2D eigenvalue weighted by Crippen LogP contribution is -2.33. The molecule has 0 saturated heterocycles. The van der Waals surface area contributed by atoms with Crippen molar-refractivity contribution < 1.29 is 14.6 Å².